The number of likely N-dealkylation sites (tertiary alicyclic amines) is 1. The van der Waals surface area contributed by atoms with Crippen LogP contribution in [0.15, 0.2) is 36.4 Å². The molecular formula is C24H28ClN3O4. The maximum Gasteiger partial charge on any atom is 0.303 e. The molecule has 170 valence electrons. The van der Waals surface area contributed by atoms with Gasteiger partial charge in [-0.1, -0.05) is 29.8 Å². The van der Waals surface area contributed by atoms with Crippen LogP contribution in [0.5, 0.6) is 0 Å². The van der Waals surface area contributed by atoms with E-state index in [2.05, 4.69) is 22.0 Å². The predicted molar refractivity (Wildman–Crippen MR) is 120 cm³/mol. The van der Waals surface area contributed by atoms with E-state index in [-0.39, 0.29) is 42.0 Å². The first kappa shape index (κ1) is 21.5. The Balaban J connectivity index is 1.21. The number of imide groups is 1. The number of fused-ring (bicyclic) bond motifs is 5. The van der Waals surface area contributed by atoms with Crippen molar-refractivity contribution in [2.75, 3.05) is 44.2 Å². The van der Waals surface area contributed by atoms with Crippen LogP contribution in [0.25, 0.3) is 0 Å². The molecule has 2 aliphatic heterocycles. The highest BCUT2D eigenvalue weighted by atomic mass is 35.5. The van der Waals surface area contributed by atoms with Crippen LogP contribution in [-0.2, 0) is 19.1 Å². The standard InChI is InChI=1S/C24H28ClN3O4/c1-15(29)32-20(13-26-7-9-27(10-8-26)19-4-2-3-18(25)12-19)14-28-23(30)21-16-5-6-17(11-16)22(21)24(28)31/h2-6,12,16-17,20-22H,7-11,13-14H2,1H3/t16-,17?,20?,21-,22?/m0/s1. The quantitative estimate of drug-likeness (QED) is 0.370. The molecule has 5 rings (SSSR count). The largest absolute Gasteiger partial charge is 0.459 e. The van der Waals surface area contributed by atoms with Crippen LogP contribution < -0.4 is 4.90 Å². The van der Waals surface area contributed by atoms with Gasteiger partial charge in [-0.3, -0.25) is 24.2 Å². The van der Waals surface area contributed by atoms with Gasteiger partial charge in [0.25, 0.3) is 0 Å². The molecule has 2 aliphatic carbocycles. The average molecular weight is 458 g/mol. The number of allylic oxidation sites excluding steroid dienone is 2. The summed E-state index contributed by atoms with van der Waals surface area (Å²) >= 11 is 6.12. The number of halogens is 1. The molecule has 0 aromatic heterocycles. The summed E-state index contributed by atoms with van der Waals surface area (Å²) in [7, 11) is 0. The molecular weight excluding hydrogens is 430 g/mol. The molecule has 2 amide bonds. The minimum absolute atomic E-state index is 0.0974. The molecule has 0 N–H and O–H groups in total. The minimum Gasteiger partial charge on any atom is -0.459 e. The molecule has 2 heterocycles. The van der Waals surface area contributed by atoms with Crippen molar-refractivity contribution < 1.29 is 19.1 Å². The van der Waals surface area contributed by atoms with Crippen LogP contribution in [0.4, 0.5) is 5.69 Å². The van der Waals surface area contributed by atoms with Gasteiger partial charge in [0, 0.05) is 50.4 Å². The van der Waals surface area contributed by atoms with Crippen molar-refractivity contribution in [3.8, 4) is 0 Å². The van der Waals surface area contributed by atoms with E-state index in [4.69, 9.17) is 16.3 Å². The summed E-state index contributed by atoms with van der Waals surface area (Å²) in [4.78, 5) is 43.7. The molecule has 5 atom stereocenters. The summed E-state index contributed by atoms with van der Waals surface area (Å²) < 4.78 is 5.56. The Morgan fingerprint density at radius 3 is 2.31 bits per heavy atom. The van der Waals surface area contributed by atoms with Crippen molar-refractivity contribution >= 4 is 35.1 Å². The number of rotatable bonds is 6. The van der Waals surface area contributed by atoms with Crippen LogP contribution in [0, 0.1) is 23.7 Å². The van der Waals surface area contributed by atoms with Crippen LogP contribution >= 0.6 is 11.6 Å². The van der Waals surface area contributed by atoms with Crippen LogP contribution in [0.2, 0.25) is 5.02 Å². The van der Waals surface area contributed by atoms with E-state index in [1.54, 1.807) is 0 Å². The molecule has 0 spiro atoms. The molecule has 2 saturated heterocycles. The van der Waals surface area contributed by atoms with Crippen LogP contribution in [0.1, 0.15) is 13.3 Å². The average Bonchev–Trinajstić information content (AvgIpc) is 3.44. The highest BCUT2D eigenvalue weighted by molar-refractivity contribution is 6.30. The van der Waals surface area contributed by atoms with Gasteiger partial charge >= 0.3 is 5.97 Å². The highest BCUT2D eigenvalue weighted by Crippen LogP contribution is 2.52. The lowest BCUT2D eigenvalue weighted by Gasteiger charge is -2.37. The summed E-state index contributed by atoms with van der Waals surface area (Å²) in [6.45, 7) is 5.26. The molecule has 0 radical (unpaired) electrons. The van der Waals surface area contributed by atoms with E-state index >= 15 is 0 Å². The van der Waals surface area contributed by atoms with Gasteiger partial charge in [0.1, 0.15) is 6.10 Å². The Kier molecular flexibility index (Phi) is 5.72. The van der Waals surface area contributed by atoms with Gasteiger partial charge in [-0.05, 0) is 36.5 Å². The number of nitrogens with zero attached hydrogens (tertiary/aromatic N) is 3. The first-order valence-corrected chi connectivity index (χ1v) is 11.7. The van der Waals surface area contributed by atoms with Crippen molar-refractivity contribution in [2.45, 2.75) is 19.4 Å². The Morgan fingerprint density at radius 2 is 1.72 bits per heavy atom. The molecule has 8 heteroatoms. The molecule has 4 aliphatic rings. The fourth-order valence-electron chi connectivity index (χ4n) is 5.86. The molecule has 1 saturated carbocycles. The fraction of sp³-hybridized carbons (Fsp3) is 0.542. The first-order valence-electron chi connectivity index (χ1n) is 11.3. The number of amides is 2. The third kappa shape index (κ3) is 3.92. The summed E-state index contributed by atoms with van der Waals surface area (Å²) in [5.74, 6) is -0.682. The fourth-order valence-corrected chi connectivity index (χ4v) is 6.05. The van der Waals surface area contributed by atoms with Gasteiger partial charge in [0.15, 0.2) is 0 Å². The number of esters is 1. The van der Waals surface area contributed by atoms with E-state index in [9.17, 15) is 14.4 Å². The Hall–Kier alpha value is -2.38. The number of carbonyl (C=O) groups is 3. The van der Waals surface area contributed by atoms with Gasteiger partial charge in [0.2, 0.25) is 11.8 Å². The van der Waals surface area contributed by atoms with Crippen LogP contribution in [0.3, 0.4) is 0 Å². The van der Waals surface area contributed by atoms with Crippen molar-refractivity contribution in [3.63, 3.8) is 0 Å². The zero-order chi connectivity index (χ0) is 22.4. The third-order valence-electron chi connectivity index (χ3n) is 7.29. The van der Waals surface area contributed by atoms with Gasteiger partial charge in [-0.15, -0.1) is 0 Å². The minimum atomic E-state index is -0.525. The summed E-state index contributed by atoms with van der Waals surface area (Å²) in [6, 6.07) is 7.82. The maximum atomic E-state index is 13.0. The summed E-state index contributed by atoms with van der Waals surface area (Å²) in [5, 5.41) is 0.716. The van der Waals surface area contributed by atoms with E-state index in [1.807, 2.05) is 24.3 Å². The molecule has 32 heavy (non-hydrogen) atoms. The Bertz CT molecular complexity index is 928. The molecule has 7 nitrogen and oxygen atoms in total. The number of hydrogen-bond acceptors (Lipinski definition) is 6. The van der Waals surface area contributed by atoms with Crippen LogP contribution in [-0.4, -0.2) is 73.0 Å². The van der Waals surface area contributed by atoms with Gasteiger partial charge in [-0.2, -0.15) is 0 Å². The first-order chi connectivity index (χ1) is 15.4. The summed E-state index contributed by atoms with van der Waals surface area (Å²) in [5.41, 5.74) is 1.09. The third-order valence-corrected chi connectivity index (χ3v) is 7.52. The van der Waals surface area contributed by atoms with Crippen molar-refractivity contribution in [1.82, 2.24) is 9.80 Å². The SMILES string of the molecule is CC(=O)OC(CN1CCN(c2cccc(Cl)c2)CC1)CN1C(=O)C2C3C=C[C@@H](C3)[C@@H]2C1=O. The van der Waals surface area contributed by atoms with Crippen molar-refractivity contribution in [1.29, 1.82) is 0 Å². The maximum absolute atomic E-state index is 13.0. The number of ether oxygens (including phenoxy) is 1. The van der Waals surface area contributed by atoms with Crippen molar-refractivity contribution in [2.24, 2.45) is 23.7 Å². The zero-order valence-electron chi connectivity index (χ0n) is 18.2. The second kappa shape index (κ2) is 8.52. The van der Waals surface area contributed by atoms with Gasteiger partial charge in [0.05, 0.1) is 18.4 Å². The lowest BCUT2D eigenvalue weighted by Crippen LogP contribution is -2.51. The second-order valence-electron chi connectivity index (χ2n) is 9.29. The van der Waals surface area contributed by atoms with E-state index in [1.165, 1.54) is 11.8 Å². The highest BCUT2D eigenvalue weighted by Gasteiger charge is 2.59. The number of piperazine rings is 1. The summed E-state index contributed by atoms with van der Waals surface area (Å²) in [6.07, 6.45) is 4.56. The van der Waals surface area contributed by atoms with E-state index in [0.29, 0.717) is 11.6 Å². The monoisotopic (exact) mass is 457 g/mol. The van der Waals surface area contributed by atoms with Gasteiger partial charge < -0.3 is 9.64 Å². The normalized spacial score (nSPS) is 30.2. The number of carbonyl (C=O) groups excluding carboxylic acids is 3. The number of hydrogen-bond donors (Lipinski definition) is 0. The molecule has 1 aromatic rings. The zero-order valence-corrected chi connectivity index (χ0v) is 18.9. The lowest BCUT2D eigenvalue weighted by molar-refractivity contribution is -0.153. The second-order valence-corrected chi connectivity index (χ2v) is 9.72. The number of anilines is 1. The molecule has 1 aromatic carbocycles. The van der Waals surface area contributed by atoms with E-state index in [0.717, 1.165) is 38.3 Å². The molecule has 3 unspecified atom stereocenters. The lowest BCUT2D eigenvalue weighted by atomic mass is 9.85. The smallest absolute Gasteiger partial charge is 0.303 e. The van der Waals surface area contributed by atoms with Crippen molar-refractivity contribution in [3.05, 3.63) is 41.4 Å². The van der Waals surface area contributed by atoms with E-state index < -0.39 is 12.1 Å². The molecule has 2 bridgehead atoms. The van der Waals surface area contributed by atoms with Gasteiger partial charge in [-0.25, -0.2) is 0 Å². The topological polar surface area (TPSA) is 70.2 Å². The Morgan fingerprint density at radius 1 is 1.06 bits per heavy atom. The molecule has 3 fully saturated rings. The predicted octanol–water partition coefficient (Wildman–Crippen LogP) is 2.20. The Labute approximate surface area is 192 Å². The number of benzene rings is 1.